The molecule has 0 fully saturated rings. The summed E-state index contributed by atoms with van der Waals surface area (Å²) in [5.74, 6) is 8.32. The van der Waals surface area contributed by atoms with Crippen LogP contribution in [-0.4, -0.2) is 36.7 Å². The van der Waals surface area contributed by atoms with Gasteiger partial charge in [-0.15, -0.1) is 23.5 Å². The van der Waals surface area contributed by atoms with Crippen LogP contribution < -0.4 is 4.74 Å². The minimum atomic E-state index is -0.381. The molecular formula is C40H38O5S2. The number of esters is 2. The Morgan fingerprint density at radius 1 is 0.681 bits per heavy atom. The molecule has 0 saturated carbocycles. The highest BCUT2D eigenvalue weighted by Gasteiger charge is 2.06. The van der Waals surface area contributed by atoms with Gasteiger partial charge in [0.1, 0.15) is 12.4 Å². The van der Waals surface area contributed by atoms with Crippen LogP contribution in [0.2, 0.25) is 0 Å². The van der Waals surface area contributed by atoms with E-state index in [4.69, 9.17) is 14.2 Å². The molecule has 0 amide bonds. The largest absolute Gasteiger partial charge is 0.489 e. The third-order valence-corrected chi connectivity index (χ3v) is 9.05. The van der Waals surface area contributed by atoms with E-state index < -0.39 is 0 Å². The topological polar surface area (TPSA) is 61.8 Å². The summed E-state index contributed by atoms with van der Waals surface area (Å²) >= 11 is 3.47. The normalized spacial score (nSPS) is 10.3. The van der Waals surface area contributed by atoms with Gasteiger partial charge >= 0.3 is 11.9 Å². The van der Waals surface area contributed by atoms with Gasteiger partial charge in [0, 0.05) is 44.6 Å². The van der Waals surface area contributed by atoms with Gasteiger partial charge in [-0.05, 0) is 103 Å². The van der Waals surface area contributed by atoms with Crippen LogP contribution in [0, 0.1) is 18.8 Å². The van der Waals surface area contributed by atoms with E-state index in [2.05, 4.69) is 80.5 Å². The Morgan fingerprint density at radius 3 is 1.68 bits per heavy atom. The first kappa shape index (κ1) is 35.2. The summed E-state index contributed by atoms with van der Waals surface area (Å²) in [6.45, 7) is 10.1. The lowest BCUT2D eigenvalue weighted by molar-refractivity contribution is -0.138. The molecule has 4 rings (SSSR count). The maximum absolute atomic E-state index is 11.1. The number of thioether (sulfide) groups is 2. The number of benzene rings is 4. The summed E-state index contributed by atoms with van der Waals surface area (Å²) in [4.78, 5) is 24.5. The maximum Gasteiger partial charge on any atom is 0.330 e. The van der Waals surface area contributed by atoms with Gasteiger partial charge in [0.05, 0.1) is 13.2 Å². The van der Waals surface area contributed by atoms with Crippen LogP contribution in [0.1, 0.15) is 35.1 Å². The van der Waals surface area contributed by atoms with Crippen LogP contribution in [0.5, 0.6) is 5.75 Å². The van der Waals surface area contributed by atoms with Gasteiger partial charge in [0.2, 0.25) is 0 Å². The molecule has 0 unspecified atom stereocenters. The molecule has 47 heavy (non-hydrogen) atoms. The molecule has 0 atom stereocenters. The van der Waals surface area contributed by atoms with Crippen molar-refractivity contribution in [3.63, 3.8) is 0 Å². The Hall–Kier alpha value is -4.64. The van der Waals surface area contributed by atoms with Crippen LogP contribution in [0.15, 0.2) is 126 Å². The predicted octanol–water partition coefficient (Wildman–Crippen LogP) is 9.06. The maximum atomic E-state index is 11.1. The molecule has 4 aromatic rings. The second-order valence-electron chi connectivity index (χ2n) is 10.4. The minimum absolute atomic E-state index is 0.378. The van der Waals surface area contributed by atoms with Crippen molar-refractivity contribution in [3.05, 3.63) is 139 Å². The van der Waals surface area contributed by atoms with Crippen molar-refractivity contribution in [2.75, 3.05) is 24.7 Å². The Balaban J connectivity index is 1.21. The summed E-state index contributed by atoms with van der Waals surface area (Å²) in [6, 6.07) is 31.1. The predicted molar refractivity (Wildman–Crippen MR) is 193 cm³/mol. The van der Waals surface area contributed by atoms with Crippen LogP contribution in [0.4, 0.5) is 0 Å². The number of carbonyl (C=O) groups excluding carboxylic acids is 2. The van der Waals surface area contributed by atoms with E-state index >= 15 is 0 Å². The number of aryl methyl sites for hydroxylation is 1. The van der Waals surface area contributed by atoms with E-state index in [1.54, 1.807) is 23.5 Å². The minimum Gasteiger partial charge on any atom is -0.489 e. The second kappa shape index (κ2) is 19.1. The smallest absolute Gasteiger partial charge is 0.330 e. The van der Waals surface area contributed by atoms with Gasteiger partial charge < -0.3 is 14.2 Å². The summed E-state index contributed by atoms with van der Waals surface area (Å²) in [5, 5.41) is 0. The molecule has 0 aliphatic heterocycles. The van der Waals surface area contributed by atoms with E-state index in [0.717, 1.165) is 68.4 Å². The third-order valence-electron chi connectivity index (χ3n) is 6.85. The molecule has 0 aromatic heterocycles. The van der Waals surface area contributed by atoms with Crippen molar-refractivity contribution in [2.24, 2.45) is 0 Å². The Labute approximate surface area is 286 Å². The van der Waals surface area contributed by atoms with Gasteiger partial charge in [0.25, 0.3) is 0 Å². The highest BCUT2D eigenvalue weighted by Crippen LogP contribution is 2.29. The Kier molecular flexibility index (Phi) is 14.3. The molecule has 0 spiro atoms. The van der Waals surface area contributed by atoms with Crippen LogP contribution in [0.3, 0.4) is 0 Å². The molecule has 0 saturated heterocycles. The number of hydrogen-bond acceptors (Lipinski definition) is 7. The first-order valence-corrected chi connectivity index (χ1v) is 17.3. The summed E-state index contributed by atoms with van der Waals surface area (Å²) in [5.41, 5.74) is 6.35. The zero-order chi connectivity index (χ0) is 33.3. The molecule has 7 heteroatoms. The molecule has 5 nitrogen and oxygen atoms in total. The van der Waals surface area contributed by atoms with Crippen LogP contribution >= 0.6 is 23.5 Å². The Morgan fingerprint density at radius 2 is 1.17 bits per heavy atom. The summed E-state index contributed by atoms with van der Waals surface area (Å²) in [7, 11) is 0. The molecule has 0 bridgehead atoms. The highest BCUT2D eigenvalue weighted by molar-refractivity contribution is 7.99. The first-order chi connectivity index (χ1) is 22.9. The van der Waals surface area contributed by atoms with E-state index in [0.29, 0.717) is 19.8 Å². The van der Waals surface area contributed by atoms with Crippen molar-refractivity contribution in [2.45, 2.75) is 36.2 Å². The van der Waals surface area contributed by atoms with E-state index in [-0.39, 0.29) is 11.9 Å². The molecule has 240 valence electrons. The molecule has 0 N–H and O–H groups in total. The van der Waals surface area contributed by atoms with Gasteiger partial charge in [-0.3, -0.25) is 0 Å². The lowest BCUT2D eigenvalue weighted by atomic mass is 10.0. The third kappa shape index (κ3) is 12.2. The molecule has 0 aliphatic carbocycles. The molecule has 0 radical (unpaired) electrons. The SMILES string of the molecule is C=CC(=O)OCCCSc1ccc(C#Cc2ccc(COc3ccc(-c4ccc(SCCCOC(=O)C=C)cc4)cc3C)cc2)cc1. The standard InChI is InChI=1S/C40H38O5S2/c1-4-39(41)43-24-6-26-46-36-19-14-32(15-20-36)9-8-31-10-12-33(13-11-31)29-45-38-23-18-35(28-30(38)3)34-16-21-37(22-17-34)47-27-7-25-44-40(42)5-2/h4-5,10-23,28H,1-2,6-7,24-27,29H2,3H3. The molecule has 0 aliphatic rings. The summed E-state index contributed by atoms with van der Waals surface area (Å²) in [6.07, 6.45) is 3.95. The van der Waals surface area contributed by atoms with E-state index in [1.165, 1.54) is 17.0 Å². The van der Waals surface area contributed by atoms with Gasteiger partial charge in [-0.1, -0.05) is 55.3 Å². The van der Waals surface area contributed by atoms with Crippen molar-refractivity contribution in [3.8, 4) is 28.7 Å². The summed E-state index contributed by atoms with van der Waals surface area (Å²) < 4.78 is 16.2. The molecule has 0 heterocycles. The number of ether oxygens (including phenoxy) is 3. The average molecular weight is 663 g/mol. The van der Waals surface area contributed by atoms with Crippen molar-refractivity contribution < 1.29 is 23.8 Å². The number of carbonyl (C=O) groups is 2. The van der Waals surface area contributed by atoms with E-state index in [9.17, 15) is 9.59 Å². The average Bonchev–Trinajstić information content (AvgIpc) is 3.11. The Bertz CT molecular complexity index is 1700. The van der Waals surface area contributed by atoms with Crippen molar-refractivity contribution in [1.29, 1.82) is 0 Å². The van der Waals surface area contributed by atoms with Gasteiger partial charge in [0.15, 0.2) is 0 Å². The fourth-order valence-corrected chi connectivity index (χ4v) is 5.97. The van der Waals surface area contributed by atoms with Crippen molar-refractivity contribution in [1.82, 2.24) is 0 Å². The lowest BCUT2D eigenvalue weighted by Gasteiger charge is -2.12. The second-order valence-corrected chi connectivity index (χ2v) is 12.7. The monoisotopic (exact) mass is 662 g/mol. The fraction of sp³-hybridized carbons (Fsp3) is 0.200. The quantitative estimate of drug-likeness (QED) is 0.0390. The van der Waals surface area contributed by atoms with Crippen LogP contribution in [0.25, 0.3) is 11.1 Å². The zero-order valence-electron chi connectivity index (χ0n) is 26.5. The first-order valence-electron chi connectivity index (χ1n) is 15.3. The fourth-order valence-electron chi connectivity index (χ4n) is 4.32. The van der Waals surface area contributed by atoms with Crippen molar-refractivity contribution >= 4 is 35.5 Å². The van der Waals surface area contributed by atoms with Crippen LogP contribution in [-0.2, 0) is 25.7 Å². The number of rotatable bonds is 16. The zero-order valence-corrected chi connectivity index (χ0v) is 28.2. The lowest BCUT2D eigenvalue weighted by Crippen LogP contribution is -2.02. The highest BCUT2D eigenvalue weighted by atomic mass is 32.2. The number of hydrogen-bond donors (Lipinski definition) is 0. The van der Waals surface area contributed by atoms with E-state index in [1.807, 2.05) is 42.5 Å². The van der Waals surface area contributed by atoms with Gasteiger partial charge in [-0.25, -0.2) is 9.59 Å². The molecule has 4 aromatic carbocycles. The molecular weight excluding hydrogens is 625 g/mol. The van der Waals surface area contributed by atoms with Gasteiger partial charge in [-0.2, -0.15) is 0 Å².